The van der Waals surface area contributed by atoms with Gasteiger partial charge in [-0.15, -0.1) is 0 Å². The number of carbonyl (C=O) groups excluding carboxylic acids is 3. The SMILES string of the molecule is [N-]=[N+]=NCCCCC(=O)NCCCOc1ccc(C2OCC(CCCCN3C(=O)c4ccccc4C3=O)O2)cc1F. The van der Waals surface area contributed by atoms with Crippen molar-refractivity contribution in [1.82, 2.24) is 10.2 Å². The van der Waals surface area contributed by atoms with Gasteiger partial charge in [0.1, 0.15) is 0 Å². The van der Waals surface area contributed by atoms with Gasteiger partial charge in [-0.3, -0.25) is 19.3 Å². The van der Waals surface area contributed by atoms with E-state index in [1.165, 1.54) is 17.0 Å². The first kappa shape index (κ1) is 30.0. The lowest BCUT2D eigenvalue weighted by Crippen LogP contribution is -2.30. The number of amides is 3. The summed E-state index contributed by atoms with van der Waals surface area (Å²) in [5.74, 6) is -0.999. The molecule has 0 saturated carbocycles. The summed E-state index contributed by atoms with van der Waals surface area (Å²) in [5.41, 5.74) is 9.68. The molecule has 4 rings (SSSR count). The first-order valence-corrected chi connectivity index (χ1v) is 13.9. The average Bonchev–Trinajstić information content (AvgIpc) is 3.54. The quantitative estimate of drug-likeness (QED) is 0.0986. The number of halogens is 1. The Hall–Kier alpha value is -3.99. The normalized spacial score (nSPS) is 17.8. The molecule has 2 unspecified atom stereocenters. The lowest BCUT2D eigenvalue weighted by atomic mass is 10.1. The molecule has 2 atom stereocenters. The summed E-state index contributed by atoms with van der Waals surface area (Å²) in [6.07, 6.45) is 3.43. The summed E-state index contributed by atoms with van der Waals surface area (Å²) in [6, 6.07) is 11.4. The second-order valence-electron chi connectivity index (χ2n) is 9.88. The van der Waals surface area contributed by atoms with E-state index in [1.54, 1.807) is 30.3 Å². The summed E-state index contributed by atoms with van der Waals surface area (Å²) in [4.78, 5) is 40.7. The molecule has 2 aliphatic heterocycles. The monoisotopic (exact) mass is 567 g/mol. The van der Waals surface area contributed by atoms with E-state index in [-0.39, 0.29) is 36.2 Å². The minimum absolute atomic E-state index is 0.0842. The number of hydrogen-bond donors (Lipinski definition) is 1. The minimum atomic E-state index is -0.679. The van der Waals surface area contributed by atoms with Crippen LogP contribution in [0.4, 0.5) is 4.39 Å². The van der Waals surface area contributed by atoms with Crippen LogP contribution >= 0.6 is 0 Å². The van der Waals surface area contributed by atoms with E-state index >= 15 is 0 Å². The first-order chi connectivity index (χ1) is 20.0. The smallest absolute Gasteiger partial charge is 0.261 e. The molecule has 3 amide bonds. The highest BCUT2D eigenvalue weighted by Gasteiger charge is 2.34. The van der Waals surface area contributed by atoms with Gasteiger partial charge in [0.25, 0.3) is 11.8 Å². The maximum atomic E-state index is 14.6. The molecular formula is C29H34FN5O6. The Labute approximate surface area is 237 Å². The Morgan fingerprint density at radius 2 is 1.88 bits per heavy atom. The summed E-state index contributed by atoms with van der Waals surface area (Å²) >= 11 is 0. The Kier molecular flexibility index (Phi) is 11.1. The lowest BCUT2D eigenvalue weighted by molar-refractivity contribution is -0.121. The molecule has 0 aliphatic carbocycles. The molecule has 2 aliphatic rings. The van der Waals surface area contributed by atoms with Crippen molar-refractivity contribution in [2.75, 3.05) is 32.8 Å². The number of benzene rings is 2. The third-order valence-electron chi connectivity index (χ3n) is 6.89. The highest BCUT2D eigenvalue weighted by atomic mass is 19.1. The van der Waals surface area contributed by atoms with Gasteiger partial charge in [-0.25, -0.2) is 4.39 Å². The zero-order valence-electron chi connectivity index (χ0n) is 22.8. The van der Waals surface area contributed by atoms with Crippen molar-refractivity contribution >= 4 is 17.7 Å². The Morgan fingerprint density at radius 1 is 1.10 bits per heavy atom. The molecule has 12 heteroatoms. The van der Waals surface area contributed by atoms with Gasteiger partial charge in [-0.05, 0) is 68.3 Å². The van der Waals surface area contributed by atoms with Crippen molar-refractivity contribution in [1.29, 1.82) is 0 Å². The number of ether oxygens (including phenoxy) is 3. The molecule has 11 nitrogen and oxygen atoms in total. The fourth-order valence-electron chi connectivity index (χ4n) is 4.72. The largest absolute Gasteiger partial charge is 0.490 e. The molecule has 2 aromatic carbocycles. The molecule has 0 spiro atoms. The van der Waals surface area contributed by atoms with Crippen molar-refractivity contribution < 1.29 is 33.0 Å². The van der Waals surface area contributed by atoms with Crippen LogP contribution in [0.2, 0.25) is 0 Å². The molecule has 218 valence electrons. The van der Waals surface area contributed by atoms with Crippen LogP contribution in [0, 0.1) is 5.82 Å². The number of hydrogen-bond acceptors (Lipinski definition) is 7. The fraction of sp³-hybridized carbons (Fsp3) is 0.483. The Morgan fingerprint density at radius 3 is 2.61 bits per heavy atom. The summed E-state index contributed by atoms with van der Waals surface area (Å²) < 4.78 is 31.8. The van der Waals surface area contributed by atoms with Gasteiger partial charge in [-0.2, -0.15) is 0 Å². The van der Waals surface area contributed by atoms with E-state index in [1.807, 2.05) is 0 Å². The number of fused-ring (bicyclic) bond motifs is 1. The molecule has 1 fully saturated rings. The van der Waals surface area contributed by atoms with Crippen LogP contribution in [0.3, 0.4) is 0 Å². The van der Waals surface area contributed by atoms with E-state index < -0.39 is 12.1 Å². The number of rotatable bonds is 16. The fourth-order valence-corrected chi connectivity index (χ4v) is 4.72. The van der Waals surface area contributed by atoms with Gasteiger partial charge in [0.15, 0.2) is 17.9 Å². The van der Waals surface area contributed by atoms with Gasteiger partial charge in [0.2, 0.25) is 5.91 Å². The zero-order valence-corrected chi connectivity index (χ0v) is 22.8. The standard InChI is InChI=1S/C29H34FN5O6/c30-24-18-20(12-13-25(24)39-17-7-14-32-26(36)11-3-5-15-33-34-31)29-40-19-21(41-29)8-4-6-16-35-27(37)22-9-1-2-10-23(22)28(35)38/h1-2,9-10,12-13,18,21,29H,3-8,11,14-17,19H2,(H,32,36). The number of carbonyl (C=O) groups is 3. The summed E-state index contributed by atoms with van der Waals surface area (Å²) in [6.45, 7) is 1.76. The highest BCUT2D eigenvalue weighted by molar-refractivity contribution is 6.21. The molecule has 41 heavy (non-hydrogen) atoms. The van der Waals surface area contributed by atoms with E-state index in [0.717, 1.165) is 6.42 Å². The van der Waals surface area contributed by atoms with Crippen LogP contribution in [-0.4, -0.2) is 61.6 Å². The predicted octanol–water partition coefficient (Wildman–Crippen LogP) is 5.07. The molecule has 0 bridgehead atoms. The molecule has 1 saturated heterocycles. The Bertz CT molecular complexity index is 1250. The van der Waals surface area contributed by atoms with Crippen LogP contribution in [0.15, 0.2) is 47.6 Å². The van der Waals surface area contributed by atoms with E-state index in [9.17, 15) is 18.8 Å². The van der Waals surface area contributed by atoms with Crippen LogP contribution < -0.4 is 10.1 Å². The molecule has 0 radical (unpaired) electrons. The van der Waals surface area contributed by atoms with E-state index in [4.69, 9.17) is 19.7 Å². The van der Waals surface area contributed by atoms with Crippen molar-refractivity contribution in [3.63, 3.8) is 0 Å². The maximum absolute atomic E-state index is 14.6. The van der Waals surface area contributed by atoms with Crippen molar-refractivity contribution in [3.05, 3.63) is 75.4 Å². The van der Waals surface area contributed by atoms with Crippen LogP contribution in [0.25, 0.3) is 10.4 Å². The van der Waals surface area contributed by atoms with Crippen molar-refractivity contribution in [3.8, 4) is 5.75 Å². The molecule has 0 aromatic heterocycles. The minimum Gasteiger partial charge on any atom is -0.490 e. The second-order valence-corrected chi connectivity index (χ2v) is 9.88. The molecule has 2 heterocycles. The number of nitrogens with zero attached hydrogens (tertiary/aromatic N) is 4. The van der Waals surface area contributed by atoms with Crippen LogP contribution in [-0.2, 0) is 14.3 Å². The summed E-state index contributed by atoms with van der Waals surface area (Å²) in [5, 5.41) is 6.21. The lowest BCUT2D eigenvalue weighted by Gasteiger charge is -2.15. The number of unbranched alkanes of at least 4 members (excludes halogenated alkanes) is 2. The maximum Gasteiger partial charge on any atom is 0.261 e. The van der Waals surface area contributed by atoms with Gasteiger partial charge < -0.3 is 19.5 Å². The predicted molar refractivity (Wildman–Crippen MR) is 147 cm³/mol. The Balaban J connectivity index is 1.10. The number of azide groups is 1. The van der Waals surface area contributed by atoms with Crippen molar-refractivity contribution in [2.24, 2.45) is 5.11 Å². The first-order valence-electron chi connectivity index (χ1n) is 13.9. The van der Waals surface area contributed by atoms with Crippen LogP contribution in [0.5, 0.6) is 5.75 Å². The van der Waals surface area contributed by atoms with Crippen molar-refractivity contribution in [2.45, 2.75) is 57.3 Å². The molecule has 1 N–H and O–H groups in total. The van der Waals surface area contributed by atoms with Gasteiger partial charge in [0, 0.05) is 36.5 Å². The molecular weight excluding hydrogens is 533 g/mol. The third kappa shape index (κ3) is 8.26. The second kappa shape index (κ2) is 15.1. The van der Waals surface area contributed by atoms with Gasteiger partial charge in [-0.1, -0.05) is 23.3 Å². The summed E-state index contributed by atoms with van der Waals surface area (Å²) in [7, 11) is 0. The number of imide groups is 1. The van der Waals surface area contributed by atoms with E-state index in [0.29, 0.717) is 81.5 Å². The zero-order chi connectivity index (χ0) is 29.0. The third-order valence-corrected chi connectivity index (χ3v) is 6.89. The average molecular weight is 568 g/mol. The van der Waals surface area contributed by atoms with E-state index in [2.05, 4.69) is 15.3 Å². The van der Waals surface area contributed by atoms with Crippen LogP contribution in [0.1, 0.15) is 77.5 Å². The molecule has 2 aromatic rings. The highest BCUT2D eigenvalue weighted by Crippen LogP contribution is 2.31. The number of nitrogens with one attached hydrogen (secondary N) is 1. The van der Waals surface area contributed by atoms with Gasteiger partial charge >= 0.3 is 0 Å². The van der Waals surface area contributed by atoms with Gasteiger partial charge in [0.05, 0.1) is 30.4 Å². The topological polar surface area (TPSA) is 143 Å².